The predicted molar refractivity (Wildman–Crippen MR) is 71.4 cm³/mol. The molecule has 1 rings (SSSR count). The van der Waals surface area contributed by atoms with E-state index >= 15 is 0 Å². The van der Waals surface area contributed by atoms with Crippen LogP contribution in [0, 0.1) is 12.3 Å². The van der Waals surface area contributed by atoms with E-state index in [1.807, 2.05) is 25.1 Å². The van der Waals surface area contributed by atoms with Gasteiger partial charge in [0.15, 0.2) is 0 Å². The molecule has 0 saturated carbocycles. The van der Waals surface area contributed by atoms with E-state index in [4.69, 9.17) is 4.74 Å². The molecule has 0 fully saturated rings. The van der Waals surface area contributed by atoms with Crippen molar-refractivity contribution in [1.82, 2.24) is 0 Å². The third kappa shape index (κ3) is 4.78. The van der Waals surface area contributed by atoms with Crippen molar-refractivity contribution < 1.29 is 9.84 Å². The zero-order valence-electron chi connectivity index (χ0n) is 11.6. The number of rotatable bonds is 4. The van der Waals surface area contributed by atoms with Gasteiger partial charge in [-0.25, -0.2) is 0 Å². The van der Waals surface area contributed by atoms with E-state index in [0.29, 0.717) is 5.41 Å². The molecule has 1 aromatic rings. The van der Waals surface area contributed by atoms with Crippen molar-refractivity contribution in [1.29, 1.82) is 0 Å². The number of ether oxygens (including phenoxy) is 1. The maximum atomic E-state index is 9.48. The Kier molecular flexibility index (Phi) is 4.58. The third-order valence-electron chi connectivity index (χ3n) is 2.79. The Hall–Kier alpha value is -1.02. The molecule has 0 aromatic heterocycles. The lowest BCUT2D eigenvalue weighted by atomic mass is 9.93. The lowest BCUT2D eigenvalue weighted by molar-refractivity contribution is 0.199. The van der Waals surface area contributed by atoms with Gasteiger partial charge >= 0.3 is 0 Å². The van der Waals surface area contributed by atoms with Gasteiger partial charge in [0.2, 0.25) is 0 Å². The second kappa shape index (κ2) is 5.54. The highest BCUT2D eigenvalue weighted by Gasteiger charge is 2.11. The maximum absolute atomic E-state index is 9.48. The van der Waals surface area contributed by atoms with Crippen LogP contribution in [0.15, 0.2) is 18.2 Å². The first-order valence-corrected chi connectivity index (χ1v) is 6.21. The number of aliphatic hydroxyl groups is 1. The number of aliphatic hydroxyl groups excluding tert-OH is 1. The van der Waals surface area contributed by atoms with Crippen molar-refractivity contribution in [3.05, 3.63) is 29.3 Å². The quantitative estimate of drug-likeness (QED) is 0.860. The number of hydrogen-bond donors (Lipinski definition) is 1. The zero-order valence-corrected chi connectivity index (χ0v) is 11.6. The standard InChI is InChI=1S/C15H24O2/c1-11-10-13(12(2)16)6-7-14(11)17-9-8-15(3,4)5/h6-7,10,12,16H,8-9H2,1-5H3/t12-/m1/s1. The molecule has 0 radical (unpaired) electrons. The largest absolute Gasteiger partial charge is 0.493 e. The van der Waals surface area contributed by atoms with E-state index in [0.717, 1.165) is 29.9 Å². The molecule has 0 aliphatic carbocycles. The molecule has 0 bridgehead atoms. The molecule has 96 valence electrons. The maximum Gasteiger partial charge on any atom is 0.122 e. The molecule has 0 spiro atoms. The Morgan fingerprint density at radius 3 is 2.41 bits per heavy atom. The molecule has 1 aromatic carbocycles. The van der Waals surface area contributed by atoms with Crippen LogP contribution in [0.3, 0.4) is 0 Å². The first-order valence-electron chi connectivity index (χ1n) is 6.21. The molecule has 0 unspecified atom stereocenters. The molecule has 2 heteroatoms. The smallest absolute Gasteiger partial charge is 0.122 e. The molecular weight excluding hydrogens is 212 g/mol. The highest BCUT2D eigenvalue weighted by molar-refractivity contribution is 5.36. The monoisotopic (exact) mass is 236 g/mol. The van der Waals surface area contributed by atoms with Crippen LogP contribution < -0.4 is 4.74 Å². The van der Waals surface area contributed by atoms with Crippen LogP contribution in [0.2, 0.25) is 0 Å². The van der Waals surface area contributed by atoms with E-state index < -0.39 is 6.10 Å². The second-order valence-electron chi connectivity index (χ2n) is 5.86. The molecule has 2 nitrogen and oxygen atoms in total. The van der Waals surface area contributed by atoms with E-state index in [1.54, 1.807) is 6.92 Å². The molecule has 1 N–H and O–H groups in total. The average Bonchev–Trinajstić information content (AvgIpc) is 2.18. The lowest BCUT2D eigenvalue weighted by Gasteiger charge is -2.19. The summed E-state index contributed by atoms with van der Waals surface area (Å²) in [5.74, 6) is 0.915. The molecule has 0 aliphatic rings. The Bertz CT molecular complexity index is 362. The number of hydrogen-bond acceptors (Lipinski definition) is 2. The normalized spacial score (nSPS) is 13.5. The van der Waals surface area contributed by atoms with Crippen LogP contribution in [0.1, 0.15) is 51.3 Å². The summed E-state index contributed by atoms with van der Waals surface area (Å²) in [6.45, 7) is 11.1. The van der Waals surface area contributed by atoms with Gasteiger partial charge in [0.05, 0.1) is 12.7 Å². The van der Waals surface area contributed by atoms with Gasteiger partial charge in [0.1, 0.15) is 5.75 Å². The van der Waals surface area contributed by atoms with Gasteiger partial charge < -0.3 is 9.84 Å². The predicted octanol–water partition coefficient (Wildman–Crippen LogP) is 3.86. The Morgan fingerprint density at radius 2 is 1.94 bits per heavy atom. The fraction of sp³-hybridized carbons (Fsp3) is 0.600. The van der Waals surface area contributed by atoms with Gasteiger partial charge in [0, 0.05) is 0 Å². The van der Waals surface area contributed by atoms with Crippen LogP contribution in [0.5, 0.6) is 5.75 Å². The number of benzene rings is 1. The molecule has 0 heterocycles. The number of aryl methyl sites for hydroxylation is 1. The summed E-state index contributed by atoms with van der Waals surface area (Å²) in [6.07, 6.45) is 0.613. The minimum atomic E-state index is -0.419. The lowest BCUT2D eigenvalue weighted by Crippen LogP contribution is -2.11. The topological polar surface area (TPSA) is 29.5 Å². The van der Waals surface area contributed by atoms with Crippen LogP contribution in [0.25, 0.3) is 0 Å². The van der Waals surface area contributed by atoms with Crippen LogP contribution >= 0.6 is 0 Å². The minimum absolute atomic E-state index is 0.299. The molecular formula is C15H24O2. The molecule has 0 aliphatic heterocycles. The fourth-order valence-corrected chi connectivity index (χ4v) is 1.56. The van der Waals surface area contributed by atoms with Gasteiger partial charge in [-0.3, -0.25) is 0 Å². The molecule has 0 saturated heterocycles. The summed E-state index contributed by atoms with van der Waals surface area (Å²) in [5, 5.41) is 9.48. The van der Waals surface area contributed by atoms with E-state index in [-0.39, 0.29) is 0 Å². The Labute approximate surface area is 105 Å². The van der Waals surface area contributed by atoms with Gasteiger partial charge in [-0.15, -0.1) is 0 Å². The summed E-state index contributed by atoms with van der Waals surface area (Å²) in [5.41, 5.74) is 2.32. The van der Waals surface area contributed by atoms with Crippen molar-refractivity contribution in [2.24, 2.45) is 5.41 Å². The summed E-state index contributed by atoms with van der Waals surface area (Å²) in [4.78, 5) is 0. The fourth-order valence-electron chi connectivity index (χ4n) is 1.56. The van der Waals surface area contributed by atoms with Crippen molar-refractivity contribution in [2.75, 3.05) is 6.61 Å². The Morgan fingerprint density at radius 1 is 1.29 bits per heavy atom. The summed E-state index contributed by atoms with van der Waals surface area (Å²) in [7, 11) is 0. The minimum Gasteiger partial charge on any atom is -0.493 e. The van der Waals surface area contributed by atoms with Gasteiger partial charge in [-0.2, -0.15) is 0 Å². The van der Waals surface area contributed by atoms with E-state index in [2.05, 4.69) is 20.8 Å². The van der Waals surface area contributed by atoms with E-state index in [9.17, 15) is 5.11 Å². The van der Waals surface area contributed by atoms with Gasteiger partial charge in [-0.1, -0.05) is 26.8 Å². The first kappa shape index (κ1) is 14.0. The van der Waals surface area contributed by atoms with Gasteiger partial charge in [0.25, 0.3) is 0 Å². The van der Waals surface area contributed by atoms with E-state index in [1.165, 1.54) is 0 Å². The van der Waals surface area contributed by atoms with Crippen LogP contribution in [0.4, 0.5) is 0 Å². The van der Waals surface area contributed by atoms with Crippen molar-refractivity contribution >= 4 is 0 Å². The summed E-state index contributed by atoms with van der Waals surface area (Å²) >= 11 is 0. The average molecular weight is 236 g/mol. The van der Waals surface area contributed by atoms with Gasteiger partial charge in [-0.05, 0) is 48.9 Å². The molecule has 1 atom stereocenters. The molecule has 17 heavy (non-hydrogen) atoms. The third-order valence-corrected chi connectivity index (χ3v) is 2.79. The second-order valence-corrected chi connectivity index (χ2v) is 5.86. The van der Waals surface area contributed by atoms with Crippen molar-refractivity contribution in [3.63, 3.8) is 0 Å². The summed E-state index contributed by atoms with van der Waals surface area (Å²) in [6, 6.07) is 5.85. The molecule has 0 amide bonds. The van der Waals surface area contributed by atoms with Crippen molar-refractivity contribution in [2.45, 2.75) is 47.1 Å². The zero-order chi connectivity index (χ0) is 13.1. The van der Waals surface area contributed by atoms with Crippen LogP contribution in [-0.2, 0) is 0 Å². The highest BCUT2D eigenvalue weighted by atomic mass is 16.5. The first-order chi connectivity index (χ1) is 7.79. The van der Waals surface area contributed by atoms with Crippen molar-refractivity contribution in [3.8, 4) is 5.75 Å². The Balaban J connectivity index is 2.61. The van der Waals surface area contributed by atoms with Crippen LogP contribution in [-0.4, -0.2) is 11.7 Å². The summed E-state index contributed by atoms with van der Waals surface area (Å²) < 4.78 is 5.77. The highest BCUT2D eigenvalue weighted by Crippen LogP contribution is 2.24. The SMILES string of the molecule is Cc1cc([C@@H](C)O)ccc1OCCC(C)(C)C.